The van der Waals surface area contributed by atoms with Gasteiger partial charge in [0.15, 0.2) is 0 Å². The number of sulfonamides is 1. The summed E-state index contributed by atoms with van der Waals surface area (Å²) in [5, 5.41) is 0. The summed E-state index contributed by atoms with van der Waals surface area (Å²) >= 11 is 2.11. The van der Waals surface area contributed by atoms with Crippen LogP contribution < -0.4 is 4.72 Å². The smallest absolute Gasteiger partial charge is 0.238 e. The number of hydrogen-bond donors (Lipinski definition) is 1. The van der Waals surface area contributed by atoms with Gasteiger partial charge in [-0.2, -0.15) is 0 Å². The molecule has 1 heterocycles. The molecule has 1 aromatic rings. The Morgan fingerprint density at radius 3 is 2.33 bits per heavy atom. The van der Waals surface area contributed by atoms with Gasteiger partial charge in [-0.1, -0.05) is 0 Å². The van der Waals surface area contributed by atoms with Gasteiger partial charge in [0.05, 0.1) is 4.75 Å². The molecular weight excluding hydrogens is 327 g/mol. The molecule has 0 saturated heterocycles. The Kier molecular flexibility index (Phi) is 3.59. The summed E-state index contributed by atoms with van der Waals surface area (Å²) in [7, 11) is -3.38. The van der Waals surface area contributed by atoms with Crippen LogP contribution in [0.4, 0.5) is 5.82 Å². The Balaban J connectivity index is 2.93. The van der Waals surface area contributed by atoms with Crippen molar-refractivity contribution in [1.82, 2.24) is 4.98 Å². The third-order valence-electron chi connectivity index (χ3n) is 1.77. The second-order valence-electron chi connectivity index (χ2n) is 4.08. The van der Waals surface area contributed by atoms with Gasteiger partial charge in [0.1, 0.15) is 5.82 Å². The molecule has 0 aliphatic heterocycles. The Bertz CT molecular complexity index is 434. The molecule has 0 fully saturated rings. The van der Waals surface area contributed by atoms with Crippen LogP contribution >= 0.6 is 22.6 Å². The standard InChI is InChI=1S/C9H13IN2O2S/c1-9(2,3)15(13,14)12-8-5-4-7(10)6-11-8/h4-6H,1-3H3,(H,11,12). The molecular formula is C9H13IN2O2S. The predicted octanol–water partition coefficient (Wildman–Crippen LogP) is 2.23. The van der Waals surface area contributed by atoms with Gasteiger partial charge >= 0.3 is 0 Å². The fourth-order valence-corrected chi connectivity index (χ4v) is 1.75. The zero-order chi connectivity index (χ0) is 11.7. The van der Waals surface area contributed by atoms with E-state index in [1.807, 2.05) is 0 Å². The molecule has 0 amide bonds. The summed E-state index contributed by atoms with van der Waals surface area (Å²) in [6.45, 7) is 4.92. The Hall–Kier alpha value is -0.370. The van der Waals surface area contributed by atoms with Crippen molar-refractivity contribution in [2.24, 2.45) is 0 Å². The lowest BCUT2D eigenvalue weighted by Gasteiger charge is -2.19. The molecule has 0 saturated carbocycles. The largest absolute Gasteiger partial charge is 0.267 e. The number of hydrogen-bond acceptors (Lipinski definition) is 3. The van der Waals surface area contributed by atoms with E-state index in [2.05, 4.69) is 32.3 Å². The van der Waals surface area contributed by atoms with Gasteiger partial charge in [0, 0.05) is 9.77 Å². The van der Waals surface area contributed by atoms with E-state index in [9.17, 15) is 8.42 Å². The number of aromatic nitrogens is 1. The van der Waals surface area contributed by atoms with Crippen LogP contribution in [0, 0.1) is 3.57 Å². The van der Waals surface area contributed by atoms with Crippen LogP contribution in [0.25, 0.3) is 0 Å². The molecule has 1 aromatic heterocycles. The highest BCUT2D eigenvalue weighted by molar-refractivity contribution is 14.1. The third kappa shape index (κ3) is 3.30. The van der Waals surface area contributed by atoms with Gasteiger partial charge in [-0.3, -0.25) is 4.72 Å². The maximum atomic E-state index is 11.8. The molecule has 84 valence electrons. The quantitative estimate of drug-likeness (QED) is 0.840. The molecule has 0 radical (unpaired) electrons. The summed E-state index contributed by atoms with van der Waals surface area (Å²) in [5.74, 6) is 0.352. The van der Waals surface area contributed by atoms with Crippen molar-refractivity contribution in [2.45, 2.75) is 25.5 Å². The van der Waals surface area contributed by atoms with Gasteiger partial charge in [-0.25, -0.2) is 13.4 Å². The van der Waals surface area contributed by atoms with Crippen molar-refractivity contribution < 1.29 is 8.42 Å². The van der Waals surface area contributed by atoms with E-state index in [4.69, 9.17) is 0 Å². The Labute approximate surface area is 104 Å². The van der Waals surface area contributed by atoms with Crippen LogP contribution in [0.1, 0.15) is 20.8 Å². The number of rotatable bonds is 2. The van der Waals surface area contributed by atoms with Gasteiger partial charge in [-0.05, 0) is 55.5 Å². The van der Waals surface area contributed by atoms with E-state index in [1.54, 1.807) is 39.1 Å². The highest BCUT2D eigenvalue weighted by Crippen LogP contribution is 2.18. The van der Waals surface area contributed by atoms with Crippen molar-refractivity contribution in [3.8, 4) is 0 Å². The summed E-state index contributed by atoms with van der Waals surface area (Å²) in [6.07, 6.45) is 1.61. The zero-order valence-corrected chi connectivity index (χ0v) is 11.8. The van der Waals surface area contributed by atoms with Crippen LogP contribution in [0.5, 0.6) is 0 Å². The highest BCUT2D eigenvalue weighted by Gasteiger charge is 2.29. The number of halogens is 1. The molecule has 15 heavy (non-hydrogen) atoms. The average molecular weight is 340 g/mol. The molecule has 0 aromatic carbocycles. The minimum absolute atomic E-state index is 0.352. The predicted molar refractivity (Wildman–Crippen MR) is 69.2 cm³/mol. The molecule has 0 bridgehead atoms. The SMILES string of the molecule is CC(C)(C)S(=O)(=O)Nc1ccc(I)cn1. The number of pyridine rings is 1. The summed E-state index contributed by atoms with van der Waals surface area (Å²) in [5.41, 5.74) is 0. The third-order valence-corrected chi connectivity index (χ3v) is 4.50. The molecule has 0 atom stereocenters. The van der Waals surface area contributed by atoms with E-state index in [1.165, 1.54) is 0 Å². The molecule has 0 aliphatic rings. The molecule has 6 heteroatoms. The fourth-order valence-electron chi connectivity index (χ4n) is 0.727. The van der Waals surface area contributed by atoms with E-state index >= 15 is 0 Å². The van der Waals surface area contributed by atoms with E-state index in [-0.39, 0.29) is 0 Å². The topological polar surface area (TPSA) is 59.1 Å². The van der Waals surface area contributed by atoms with Crippen molar-refractivity contribution in [1.29, 1.82) is 0 Å². The van der Waals surface area contributed by atoms with Crippen LogP contribution in [-0.2, 0) is 10.0 Å². The molecule has 0 aliphatic carbocycles. The molecule has 4 nitrogen and oxygen atoms in total. The minimum Gasteiger partial charge on any atom is -0.267 e. The van der Waals surface area contributed by atoms with Crippen LogP contribution in [-0.4, -0.2) is 18.1 Å². The van der Waals surface area contributed by atoms with Gasteiger partial charge in [-0.15, -0.1) is 0 Å². The van der Waals surface area contributed by atoms with E-state index in [0.717, 1.165) is 3.57 Å². The first kappa shape index (κ1) is 12.7. The zero-order valence-electron chi connectivity index (χ0n) is 8.78. The second-order valence-corrected chi connectivity index (χ2v) is 7.76. The van der Waals surface area contributed by atoms with E-state index in [0.29, 0.717) is 5.82 Å². The Morgan fingerprint density at radius 1 is 1.33 bits per heavy atom. The van der Waals surface area contributed by atoms with Gasteiger partial charge in [0.2, 0.25) is 10.0 Å². The molecule has 0 unspecified atom stereocenters. The van der Waals surface area contributed by atoms with Crippen LogP contribution in [0.15, 0.2) is 18.3 Å². The van der Waals surface area contributed by atoms with Crippen molar-refractivity contribution >= 4 is 38.4 Å². The molecule has 1 N–H and O–H groups in total. The molecule has 1 rings (SSSR count). The lowest BCUT2D eigenvalue weighted by Crippen LogP contribution is -2.33. The first-order chi connectivity index (χ1) is 6.72. The normalized spacial score (nSPS) is 12.5. The number of nitrogens with zero attached hydrogens (tertiary/aromatic N) is 1. The number of anilines is 1. The fraction of sp³-hybridized carbons (Fsp3) is 0.444. The van der Waals surface area contributed by atoms with Crippen LogP contribution in [0.3, 0.4) is 0 Å². The monoisotopic (exact) mass is 340 g/mol. The van der Waals surface area contributed by atoms with Crippen molar-refractivity contribution in [3.63, 3.8) is 0 Å². The first-order valence-corrected chi connectivity index (χ1v) is 6.92. The lowest BCUT2D eigenvalue weighted by atomic mass is 10.3. The van der Waals surface area contributed by atoms with Gasteiger partial charge in [0.25, 0.3) is 0 Å². The van der Waals surface area contributed by atoms with Gasteiger partial charge < -0.3 is 0 Å². The maximum Gasteiger partial charge on any atom is 0.238 e. The summed E-state index contributed by atoms with van der Waals surface area (Å²) in [4.78, 5) is 3.98. The second kappa shape index (κ2) is 4.25. The van der Waals surface area contributed by atoms with Crippen LogP contribution in [0.2, 0.25) is 0 Å². The Morgan fingerprint density at radius 2 is 1.93 bits per heavy atom. The van der Waals surface area contributed by atoms with Crippen molar-refractivity contribution in [3.05, 3.63) is 21.9 Å². The molecule has 0 spiro atoms. The minimum atomic E-state index is -3.38. The van der Waals surface area contributed by atoms with Crippen molar-refractivity contribution in [2.75, 3.05) is 4.72 Å². The highest BCUT2D eigenvalue weighted by atomic mass is 127. The average Bonchev–Trinajstić information content (AvgIpc) is 2.06. The number of nitrogens with one attached hydrogen (secondary N) is 1. The first-order valence-electron chi connectivity index (χ1n) is 4.36. The summed E-state index contributed by atoms with van der Waals surface area (Å²) in [6, 6.07) is 3.44. The summed E-state index contributed by atoms with van der Waals surface area (Å²) < 4.78 is 26.1. The maximum absolute atomic E-state index is 11.8. The van der Waals surface area contributed by atoms with E-state index < -0.39 is 14.8 Å². The lowest BCUT2D eigenvalue weighted by molar-refractivity contribution is 0.566.